The molecule has 0 bridgehead atoms. The van der Waals surface area contributed by atoms with Crippen LogP contribution >= 0.6 is 0 Å². The molecule has 1 aromatic carbocycles. The van der Waals surface area contributed by atoms with Crippen molar-refractivity contribution in [1.29, 1.82) is 0 Å². The number of hydrogen-bond donors (Lipinski definition) is 2. The second-order valence-electron chi connectivity index (χ2n) is 4.60. The first kappa shape index (κ1) is 16.9. The maximum atomic E-state index is 5.70. The van der Waals surface area contributed by atoms with Crippen LogP contribution in [0.25, 0.3) is 0 Å². The van der Waals surface area contributed by atoms with Gasteiger partial charge in [0.1, 0.15) is 5.75 Å². The third-order valence-electron chi connectivity index (χ3n) is 2.79. The molecular weight excluding hydrogens is 262 g/mol. The molecule has 2 N–H and O–H groups in total. The second-order valence-corrected chi connectivity index (χ2v) is 4.60. The topological polar surface area (TPSA) is 45.7 Å². The second kappa shape index (κ2) is 10.6. The van der Waals surface area contributed by atoms with E-state index in [1.54, 1.807) is 0 Å². The molecule has 0 saturated heterocycles. The third kappa shape index (κ3) is 7.26. The van der Waals surface area contributed by atoms with E-state index in [0.29, 0.717) is 13.1 Å². The van der Waals surface area contributed by atoms with Gasteiger partial charge in [0.2, 0.25) is 0 Å². The van der Waals surface area contributed by atoms with Gasteiger partial charge in [0.15, 0.2) is 5.96 Å². The zero-order chi connectivity index (χ0) is 15.3. The summed E-state index contributed by atoms with van der Waals surface area (Å²) >= 11 is 0. The van der Waals surface area contributed by atoms with Crippen molar-refractivity contribution >= 4 is 5.96 Å². The molecule has 0 radical (unpaired) electrons. The Balaban J connectivity index is 2.59. The summed E-state index contributed by atoms with van der Waals surface area (Å²) < 4.78 is 5.70. The monoisotopic (exact) mass is 287 g/mol. The van der Waals surface area contributed by atoms with E-state index in [9.17, 15) is 0 Å². The van der Waals surface area contributed by atoms with Crippen LogP contribution in [0.3, 0.4) is 0 Å². The molecule has 0 spiro atoms. The maximum absolute atomic E-state index is 5.70. The number of aliphatic imine (C=N–C) groups is 1. The molecule has 114 valence electrons. The summed E-state index contributed by atoms with van der Waals surface area (Å²) in [6, 6.07) is 8.05. The fourth-order valence-corrected chi connectivity index (χ4v) is 1.71. The van der Waals surface area contributed by atoms with Gasteiger partial charge in [-0.1, -0.05) is 31.4 Å². The number of rotatable bonds is 8. The van der Waals surface area contributed by atoms with E-state index in [1.165, 1.54) is 0 Å². The highest BCUT2D eigenvalue weighted by Crippen LogP contribution is 2.14. The third-order valence-corrected chi connectivity index (χ3v) is 2.79. The molecule has 0 aliphatic heterocycles. The molecule has 0 amide bonds. The van der Waals surface area contributed by atoms with Gasteiger partial charge in [-0.25, -0.2) is 4.99 Å². The molecule has 1 aromatic rings. The van der Waals surface area contributed by atoms with Gasteiger partial charge in [0.05, 0.1) is 19.7 Å². The molecule has 0 heterocycles. The van der Waals surface area contributed by atoms with Crippen molar-refractivity contribution in [2.75, 3.05) is 19.7 Å². The van der Waals surface area contributed by atoms with E-state index in [0.717, 1.165) is 43.3 Å². The quantitative estimate of drug-likeness (QED) is 0.334. The summed E-state index contributed by atoms with van der Waals surface area (Å²) in [5, 5.41) is 6.22. The first-order chi connectivity index (χ1) is 10.3. The van der Waals surface area contributed by atoms with Crippen LogP contribution in [-0.4, -0.2) is 25.7 Å². The van der Waals surface area contributed by atoms with Gasteiger partial charge in [-0.3, -0.25) is 0 Å². The van der Waals surface area contributed by atoms with E-state index >= 15 is 0 Å². The Bertz CT molecular complexity index is 477. The fourth-order valence-electron chi connectivity index (χ4n) is 1.71. The van der Waals surface area contributed by atoms with Crippen LogP contribution in [-0.2, 0) is 6.54 Å². The molecule has 0 aliphatic carbocycles. The first-order valence-corrected chi connectivity index (χ1v) is 7.47. The minimum atomic E-state index is 0.464. The molecular formula is C17H25N3O. The molecule has 4 heteroatoms. The molecule has 0 fully saturated rings. The van der Waals surface area contributed by atoms with Crippen LogP contribution in [0.4, 0.5) is 0 Å². The van der Waals surface area contributed by atoms with Gasteiger partial charge in [0.25, 0.3) is 0 Å². The lowest BCUT2D eigenvalue weighted by Gasteiger charge is -2.09. The Kier molecular flexibility index (Phi) is 8.54. The highest BCUT2D eigenvalue weighted by Gasteiger charge is 1.99. The van der Waals surface area contributed by atoms with E-state index in [1.807, 2.05) is 31.2 Å². The Labute approximate surface area is 128 Å². The predicted molar refractivity (Wildman–Crippen MR) is 88.5 cm³/mol. The van der Waals surface area contributed by atoms with Crippen LogP contribution in [0.1, 0.15) is 32.3 Å². The average Bonchev–Trinajstić information content (AvgIpc) is 2.51. The normalized spacial score (nSPS) is 10.8. The minimum absolute atomic E-state index is 0.464. The number of guanidine groups is 1. The number of nitrogens with one attached hydrogen (secondary N) is 2. The van der Waals surface area contributed by atoms with E-state index in [-0.39, 0.29) is 0 Å². The summed E-state index contributed by atoms with van der Waals surface area (Å²) in [6.45, 7) is 6.79. The van der Waals surface area contributed by atoms with Crippen molar-refractivity contribution in [2.24, 2.45) is 4.99 Å². The first-order valence-electron chi connectivity index (χ1n) is 7.47. The number of ether oxygens (including phenoxy) is 1. The van der Waals surface area contributed by atoms with Crippen molar-refractivity contribution in [3.63, 3.8) is 0 Å². The van der Waals surface area contributed by atoms with Crippen LogP contribution < -0.4 is 15.4 Å². The average molecular weight is 287 g/mol. The molecule has 0 aromatic heterocycles. The lowest BCUT2D eigenvalue weighted by Crippen LogP contribution is -2.37. The zero-order valence-electron chi connectivity index (χ0n) is 13.0. The highest BCUT2D eigenvalue weighted by molar-refractivity contribution is 5.79. The van der Waals surface area contributed by atoms with Gasteiger partial charge in [0, 0.05) is 6.54 Å². The van der Waals surface area contributed by atoms with Gasteiger partial charge < -0.3 is 15.4 Å². The molecule has 1 rings (SSSR count). The van der Waals surface area contributed by atoms with Crippen LogP contribution in [0.2, 0.25) is 0 Å². The number of hydrogen-bond acceptors (Lipinski definition) is 2. The van der Waals surface area contributed by atoms with Crippen LogP contribution in [0.5, 0.6) is 5.75 Å². The van der Waals surface area contributed by atoms with Crippen molar-refractivity contribution in [3.8, 4) is 18.1 Å². The number of terminal acetylenes is 1. The Morgan fingerprint density at radius 3 is 2.90 bits per heavy atom. The van der Waals surface area contributed by atoms with E-state index < -0.39 is 0 Å². The maximum Gasteiger partial charge on any atom is 0.192 e. The summed E-state index contributed by atoms with van der Waals surface area (Å²) in [5.41, 5.74) is 1.11. The minimum Gasteiger partial charge on any atom is -0.494 e. The van der Waals surface area contributed by atoms with Gasteiger partial charge in [-0.15, -0.1) is 6.42 Å². The predicted octanol–water partition coefficient (Wildman–Crippen LogP) is 2.55. The van der Waals surface area contributed by atoms with Crippen LogP contribution in [0, 0.1) is 12.3 Å². The molecule has 21 heavy (non-hydrogen) atoms. The van der Waals surface area contributed by atoms with Gasteiger partial charge >= 0.3 is 0 Å². The molecule has 0 unspecified atom stereocenters. The fraction of sp³-hybridized carbons (Fsp3) is 0.471. The van der Waals surface area contributed by atoms with Gasteiger partial charge in [-0.2, -0.15) is 0 Å². The van der Waals surface area contributed by atoms with Crippen LogP contribution in [0.15, 0.2) is 29.3 Å². The number of nitrogens with zero attached hydrogens (tertiary/aromatic N) is 1. The molecule has 4 nitrogen and oxygen atoms in total. The smallest absolute Gasteiger partial charge is 0.192 e. The van der Waals surface area contributed by atoms with E-state index in [2.05, 4.69) is 28.5 Å². The SMILES string of the molecule is C#CCNC(=NCc1cccc(OCCCC)c1)NCC. The lowest BCUT2D eigenvalue weighted by molar-refractivity contribution is 0.309. The lowest BCUT2D eigenvalue weighted by atomic mass is 10.2. The summed E-state index contributed by atoms with van der Waals surface area (Å²) in [7, 11) is 0. The van der Waals surface area contributed by atoms with Crippen molar-refractivity contribution < 1.29 is 4.74 Å². The largest absolute Gasteiger partial charge is 0.494 e. The Morgan fingerprint density at radius 2 is 2.19 bits per heavy atom. The summed E-state index contributed by atoms with van der Waals surface area (Å²) in [5.74, 6) is 4.17. The standard InChI is InChI=1S/C17H25N3O/c1-4-7-12-21-16-10-8-9-15(13-16)14-20-17(18-6-3)19-11-5-2/h2,8-10,13H,4,6-7,11-12,14H2,1,3H3,(H2,18,19,20). The molecule has 0 aliphatic rings. The van der Waals surface area contributed by atoms with Gasteiger partial charge in [-0.05, 0) is 31.0 Å². The zero-order valence-corrected chi connectivity index (χ0v) is 13.0. The van der Waals surface area contributed by atoms with Crippen molar-refractivity contribution in [2.45, 2.75) is 33.2 Å². The Morgan fingerprint density at radius 1 is 1.33 bits per heavy atom. The molecule has 0 atom stereocenters. The number of unbranched alkanes of at least 4 members (excludes halogenated alkanes) is 1. The Hall–Kier alpha value is -2.15. The highest BCUT2D eigenvalue weighted by atomic mass is 16.5. The van der Waals surface area contributed by atoms with Crippen molar-refractivity contribution in [3.05, 3.63) is 29.8 Å². The molecule has 0 saturated carbocycles. The summed E-state index contributed by atoms with van der Waals surface area (Å²) in [4.78, 5) is 4.50. The number of benzene rings is 1. The summed E-state index contributed by atoms with van der Waals surface area (Å²) in [6.07, 6.45) is 7.45. The van der Waals surface area contributed by atoms with Crippen molar-refractivity contribution in [1.82, 2.24) is 10.6 Å². The van der Waals surface area contributed by atoms with E-state index in [4.69, 9.17) is 11.2 Å².